The molecule has 0 aliphatic carbocycles. The number of hydrogen-bond acceptors (Lipinski definition) is 4. The van der Waals surface area contributed by atoms with E-state index in [-0.39, 0.29) is 17.9 Å². The van der Waals surface area contributed by atoms with Crippen molar-refractivity contribution in [1.29, 1.82) is 0 Å². The van der Waals surface area contributed by atoms with Gasteiger partial charge in [0, 0.05) is 13.3 Å². The van der Waals surface area contributed by atoms with Gasteiger partial charge in [-0.25, -0.2) is 4.79 Å². The Hall–Kier alpha value is -2.67. The highest BCUT2D eigenvalue weighted by Gasteiger charge is 2.07. The second kappa shape index (κ2) is 7.37. The number of carboxylic acids is 1. The first kappa shape index (κ1) is 15.7. The van der Waals surface area contributed by atoms with Crippen molar-refractivity contribution in [3.63, 3.8) is 0 Å². The Morgan fingerprint density at radius 3 is 2.68 bits per heavy atom. The maximum Gasteiger partial charge on any atom is 0.335 e. The Labute approximate surface area is 127 Å². The predicted molar refractivity (Wildman–Crippen MR) is 79.8 cm³/mol. The highest BCUT2D eigenvalue weighted by molar-refractivity contribution is 5.92. The zero-order valence-corrected chi connectivity index (χ0v) is 12.2. The molecule has 2 rings (SSSR count). The average molecular weight is 303 g/mol. The molecule has 0 fully saturated rings. The van der Waals surface area contributed by atoms with Crippen LogP contribution >= 0.6 is 0 Å². The lowest BCUT2D eigenvalue weighted by atomic mass is 10.1. The summed E-state index contributed by atoms with van der Waals surface area (Å²) in [7, 11) is 1.61. The number of benzene rings is 1. The molecule has 0 atom stereocenters. The van der Waals surface area contributed by atoms with E-state index in [0.717, 1.165) is 5.56 Å². The number of rotatable bonds is 7. The number of nitrogens with zero attached hydrogens (tertiary/aromatic N) is 2. The van der Waals surface area contributed by atoms with Crippen molar-refractivity contribution in [2.24, 2.45) is 0 Å². The van der Waals surface area contributed by atoms with Crippen LogP contribution in [0.15, 0.2) is 36.7 Å². The van der Waals surface area contributed by atoms with Crippen LogP contribution in [0.25, 0.3) is 0 Å². The van der Waals surface area contributed by atoms with Crippen molar-refractivity contribution in [2.75, 3.05) is 19.0 Å². The molecule has 0 radical (unpaired) electrons. The van der Waals surface area contributed by atoms with Gasteiger partial charge in [0.15, 0.2) is 0 Å². The van der Waals surface area contributed by atoms with Gasteiger partial charge in [0.2, 0.25) is 5.91 Å². The smallest absolute Gasteiger partial charge is 0.335 e. The normalized spacial score (nSPS) is 10.4. The van der Waals surface area contributed by atoms with Crippen LogP contribution in [-0.4, -0.2) is 40.5 Å². The van der Waals surface area contributed by atoms with Crippen LogP contribution in [-0.2, 0) is 22.5 Å². The highest BCUT2D eigenvalue weighted by Crippen LogP contribution is 2.09. The van der Waals surface area contributed by atoms with E-state index in [0.29, 0.717) is 18.8 Å². The Bertz CT molecular complexity index is 649. The first-order chi connectivity index (χ1) is 10.6. The number of carboxylic acid groups (broad SMARTS) is 1. The van der Waals surface area contributed by atoms with E-state index in [1.165, 1.54) is 12.1 Å². The predicted octanol–water partition coefficient (Wildman–Crippen LogP) is 1.41. The summed E-state index contributed by atoms with van der Waals surface area (Å²) in [5, 5.41) is 15.7. The third kappa shape index (κ3) is 4.42. The molecule has 0 aliphatic heterocycles. The Morgan fingerprint density at radius 2 is 2.05 bits per heavy atom. The van der Waals surface area contributed by atoms with Gasteiger partial charge in [0.25, 0.3) is 0 Å². The number of aromatic carboxylic acids is 1. The van der Waals surface area contributed by atoms with Crippen LogP contribution in [0.1, 0.15) is 15.9 Å². The van der Waals surface area contributed by atoms with Crippen molar-refractivity contribution >= 4 is 17.6 Å². The Balaban J connectivity index is 1.89. The van der Waals surface area contributed by atoms with Crippen molar-refractivity contribution in [1.82, 2.24) is 9.78 Å². The zero-order chi connectivity index (χ0) is 15.9. The fourth-order valence-electron chi connectivity index (χ4n) is 1.89. The van der Waals surface area contributed by atoms with E-state index in [9.17, 15) is 9.59 Å². The van der Waals surface area contributed by atoms with E-state index >= 15 is 0 Å². The molecule has 1 amide bonds. The SMILES string of the molecule is COCCn1cc(NC(=O)Cc2ccc(C(=O)O)cc2)cn1. The zero-order valence-electron chi connectivity index (χ0n) is 12.2. The maximum atomic E-state index is 11.9. The average Bonchev–Trinajstić information content (AvgIpc) is 2.93. The molecule has 7 heteroatoms. The monoisotopic (exact) mass is 303 g/mol. The molecule has 2 aromatic rings. The fourth-order valence-corrected chi connectivity index (χ4v) is 1.89. The maximum absolute atomic E-state index is 11.9. The minimum absolute atomic E-state index is 0.170. The molecule has 7 nitrogen and oxygen atoms in total. The highest BCUT2D eigenvalue weighted by atomic mass is 16.5. The summed E-state index contributed by atoms with van der Waals surface area (Å²) in [5.41, 5.74) is 1.56. The molecule has 1 heterocycles. The standard InChI is InChI=1S/C15H17N3O4/c1-22-7-6-18-10-13(9-16-18)17-14(19)8-11-2-4-12(5-3-11)15(20)21/h2-5,9-10H,6-8H2,1H3,(H,17,19)(H,20,21). The van der Waals surface area contributed by atoms with Gasteiger partial charge in [0.05, 0.1) is 37.0 Å². The lowest BCUT2D eigenvalue weighted by Gasteiger charge is -2.03. The van der Waals surface area contributed by atoms with E-state index in [1.54, 1.807) is 36.3 Å². The van der Waals surface area contributed by atoms with Crippen LogP contribution in [0.2, 0.25) is 0 Å². The molecule has 1 aromatic heterocycles. The number of nitrogens with one attached hydrogen (secondary N) is 1. The minimum atomic E-state index is -0.987. The number of anilines is 1. The molecule has 0 unspecified atom stereocenters. The van der Waals surface area contributed by atoms with Gasteiger partial charge in [-0.05, 0) is 17.7 Å². The molecule has 0 saturated heterocycles. The number of carbonyl (C=O) groups is 2. The molecule has 2 N–H and O–H groups in total. The van der Waals surface area contributed by atoms with E-state index in [2.05, 4.69) is 10.4 Å². The number of carbonyl (C=O) groups excluding carboxylic acids is 1. The van der Waals surface area contributed by atoms with Gasteiger partial charge < -0.3 is 15.2 Å². The molecule has 0 spiro atoms. The molecule has 22 heavy (non-hydrogen) atoms. The van der Waals surface area contributed by atoms with E-state index in [4.69, 9.17) is 9.84 Å². The third-order valence-corrected chi connectivity index (χ3v) is 3.01. The molecule has 0 saturated carbocycles. The Morgan fingerprint density at radius 1 is 1.32 bits per heavy atom. The van der Waals surface area contributed by atoms with Crippen molar-refractivity contribution in [3.05, 3.63) is 47.8 Å². The van der Waals surface area contributed by atoms with Crippen LogP contribution in [0.4, 0.5) is 5.69 Å². The quantitative estimate of drug-likeness (QED) is 0.806. The van der Waals surface area contributed by atoms with Gasteiger partial charge in [-0.2, -0.15) is 5.10 Å². The molecule has 0 aliphatic rings. The summed E-state index contributed by atoms with van der Waals surface area (Å²) in [5.74, 6) is -1.17. The van der Waals surface area contributed by atoms with E-state index < -0.39 is 5.97 Å². The van der Waals surface area contributed by atoms with E-state index in [1.807, 2.05) is 0 Å². The lowest BCUT2D eigenvalue weighted by Crippen LogP contribution is -2.14. The van der Waals surface area contributed by atoms with Crippen LogP contribution in [0.3, 0.4) is 0 Å². The number of ether oxygens (including phenoxy) is 1. The number of amides is 1. The summed E-state index contributed by atoms with van der Waals surface area (Å²) >= 11 is 0. The summed E-state index contributed by atoms with van der Waals surface area (Å²) in [6.45, 7) is 1.16. The first-order valence-corrected chi connectivity index (χ1v) is 6.72. The summed E-state index contributed by atoms with van der Waals surface area (Å²) in [6, 6.07) is 6.22. The minimum Gasteiger partial charge on any atom is -0.478 e. The largest absolute Gasteiger partial charge is 0.478 e. The van der Waals surface area contributed by atoms with Crippen molar-refractivity contribution < 1.29 is 19.4 Å². The van der Waals surface area contributed by atoms with Crippen molar-refractivity contribution in [3.8, 4) is 0 Å². The van der Waals surface area contributed by atoms with Crippen molar-refractivity contribution in [2.45, 2.75) is 13.0 Å². The van der Waals surface area contributed by atoms with Crippen LogP contribution in [0.5, 0.6) is 0 Å². The van der Waals surface area contributed by atoms with Gasteiger partial charge >= 0.3 is 5.97 Å². The van der Waals surface area contributed by atoms with Crippen LogP contribution in [0, 0.1) is 0 Å². The summed E-state index contributed by atoms with van der Waals surface area (Å²) < 4.78 is 6.63. The fraction of sp³-hybridized carbons (Fsp3) is 0.267. The molecule has 0 bridgehead atoms. The molecular weight excluding hydrogens is 286 g/mol. The molecule has 116 valence electrons. The van der Waals surface area contributed by atoms with Gasteiger partial charge in [0.1, 0.15) is 0 Å². The summed E-state index contributed by atoms with van der Waals surface area (Å²) in [4.78, 5) is 22.7. The van der Waals surface area contributed by atoms with Gasteiger partial charge in [-0.3, -0.25) is 9.48 Å². The molecular formula is C15H17N3O4. The topological polar surface area (TPSA) is 93.5 Å². The van der Waals surface area contributed by atoms with Crippen LogP contribution < -0.4 is 5.32 Å². The number of aromatic nitrogens is 2. The second-order valence-electron chi connectivity index (χ2n) is 4.71. The first-order valence-electron chi connectivity index (χ1n) is 6.72. The Kier molecular flexibility index (Phi) is 5.26. The lowest BCUT2D eigenvalue weighted by molar-refractivity contribution is -0.115. The summed E-state index contributed by atoms with van der Waals surface area (Å²) in [6.07, 6.45) is 3.47. The van der Waals surface area contributed by atoms with Gasteiger partial charge in [-0.1, -0.05) is 12.1 Å². The molecule has 1 aromatic carbocycles. The second-order valence-corrected chi connectivity index (χ2v) is 4.71. The number of hydrogen-bond donors (Lipinski definition) is 2. The number of methoxy groups -OCH3 is 1. The third-order valence-electron chi connectivity index (χ3n) is 3.01. The van der Waals surface area contributed by atoms with Gasteiger partial charge in [-0.15, -0.1) is 0 Å².